The molecule has 0 aliphatic rings. The van der Waals surface area contributed by atoms with Gasteiger partial charge in [-0.2, -0.15) is 0 Å². The average Bonchev–Trinajstić information content (AvgIpc) is 2.13. The molecule has 2 atom stereocenters. The highest BCUT2D eigenvalue weighted by Gasteiger charge is 2.24. The number of esters is 1. The first-order chi connectivity index (χ1) is 6.43. The number of carbonyl (C=O) groups excluding carboxylic acids is 1. The summed E-state index contributed by atoms with van der Waals surface area (Å²) >= 11 is 0. The maximum Gasteiger partial charge on any atom is 0.309 e. The zero-order valence-corrected chi connectivity index (χ0v) is 9.50. The van der Waals surface area contributed by atoms with Crippen molar-refractivity contribution < 1.29 is 19.0 Å². The van der Waals surface area contributed by atoms with E-state index in [0.717, 1.165) is 0 Å². The molecule has 0 fully saturated rings. The van der Waals surface area contributed by atoms with Gasteiger partial charge in [-0.3, -0.25) is 9.36 Å². The molecule has 2 unspecified atom stereocenters. The lowest BCUT2D eigenvalue weighted by Crippen LogP contribution is -2.18. The van der Waals surface area contributed by atoms with E-state index in [4.69, 9.17) is 4.74 Å². The highest BCUT2D eigenvalue weighted by atomic mass is 31.2. The van der Waals surface area contributed by atoms with E-state index >= 15 is 0 Å². The molecule has 0 aromatic carbocycles. The molecule has 0 aromatic heterocycles. The Balaban J connectivity index is 4.07. The Labute approximate surface area is 84.4 Å². The second kappa shape index (κ2) is 5.99. The van der Waals surface area contributed by atoms with E-state index < -0.39 is 19.3 Å². The zero-order valence-electron chi connectivity index (χ0n) is 8.60. The van der Waals surface area contributed by atoms with Gasteiger partial charge < -0.3 is 9.63 Å². The van der Waals surface area contributed by atoms with Crippen LogP contribution in [0.5, 0.6) is 0 Å². The predicted octanol–water partition coefficient (Wildman–Crippen LogP) is 1.64. The van der Waals surface area contributed by atoms with Gasteiger partial charge in [0.2, 0.25) is 7.37 Å². The minimum atomic E-state index is -3.14. The summed E-state index contributed by atoms with van der Waals surface area (Å²) in [5.41, 5.74) is 0. The summed E-state index contributed by atoms with van der Waals surface area (Å²) in [7, 11) is -3.14. The molecule has 0 bridgehead atoms. The second-order valence-electron chi connectivity index (χ2n) is 3.16. The molecule has 0 amide bonds. The average molecular weight is 220 g/mol. The molecule has 82 valence electrons. The lowest BCUT2D eigenvalue weighted by atomic mass is 10.2. The highest BCUT2D eigenvalue weighted by molar-refractivity contribution is 7.58. The van der Waals surface area contributed by atoms with Gasteiger partial charge in [0.05, 0.1) is 5.92 Å². The van der Waals surface area contributed by atoms with Gasteiger partial charge in [-0.1, -0.05) is 26.5 Å². The summed E-state index contributed by atoms with van der Waals surface area (Å²) in [6.07, 6.45) is 1.63. The predicted molar refractivity (Wildman–Crippen MR) is 55.6 cm³/mol. The standard InChI is InChI=1S/C9H17O4P/c1-4-6-13-9(10)8(3)7-14(11,12)5-2/h4,8H,1,5-7H2,2-3H3,(H,11,12). The van der Waals surface area contributed by atoms with Crippen molar-refractivity contribution in [2.24, 2.45) is 5.92 Å². The van der Waals surface area contributed by atoms with Crippen molar-refractivity contribution in [3.63, 3.8) is 0 Å². The molecule has 4 nitrogen and oxygen atoms in total. The van der Waals surface area contributed by atoms with E-state index in [1.165, 1.54) is 6.08 Å². The topological polar surface area (TPSA) is 63.6 Å². The van der Waals surface area contributed by atoms with Gasteiger partial charge >= 0.3 is 5.97 Å². The van der Waals surface area contributed by atoms with Gasteiger partial charge in [-0.05, 0) is 0 Å². The Bertz CT molecular complexity index is 249. The normalized spacial score (nSPS) is 16.8. The maximum absolute atomic E-state index is 11.3. The van der Waals surface area contributed by atoms with Crippen LogP contribution in [-0.2, 0) is 14.1 Å². The number of ether oxygens (including phenoxy) is 1. The van der Waals surface area contributed by atoms with Crippen LogP contribution in [-0.4, -0.2) is 29.8 Å². The van der Waals surface area contributed by atoms with Gasteiger partial charge in [0.1, 0.15) is 6.61 Å². The van der Waals surface area contributed by atoms with Crippen molar-refractivity contribution in [1.29, 1.82) is 0 Å². The van der Waals surface area contributed by atoms with E-state index in [1.807, 2.05) is 0 Å². The fourth-order valence-electron chi connectivity index (χ4n) is 0.915. The zero-order chi connectivity index (χ0) is 11.2. The molecule has 0 spiro atoms. The third-order valence-electron chi connectivity index (χ3n) is 1.80. The van der Waals surface area contributed by atoms with Gasteiger partial charge in [0.15, 0.2) is 0 Å². The van der Waals surface area contributed by atoms with Crippen molar-refractivity contribution in [3.8, 4) is 0 Å². The van der Waals surface area contributed by atoms with Gasteiger partial charge in [-0.15, -0.1) is 0 Å². The molecular formula is C9H17O4P. The van der Waals surface area contributed by atoms with E-state index in [2.05, 4.69) is 6.58 Å². The van der Waals surface area contributed by atoms with E-state index in [9.17, 15) is 14.3 Å². The van der Waals surface area contributed by atoms with Crippen LogP contribution < -0.4 is 0 Å². The van der Waals surface area contributed by atoms with E-state index in [0.29, 0.717) is 0 Å². The van der Waals surface area contributed by atoms with Crippen LogP contribution in [0.2, 0.25) is 0 Å². The molecule has 0 rings (SSSR count). The summed E-state index contributed by atoms with van der Waals surface area (Å²) < 4.78 is 16.1. The minimum Gasteiger partial charge on any atom is -0.461 e. The number of carbonyl (C=O) groups is 1. The largest absolute Gasteiger partial charge is 0.461 e. The Hall–Kier alpha value is -0.600. The maximum atomic E-state index is 11.3. The fraction of sp³-hybridized carbons (Fsp3) is 0.667. The van der Waals surface area contributed by atoms with Crippen molar-refractivity contribution >= 4 is 13.3 Å². The smallest absolute Gasteiger partial charge is 0.309 e. The number of hydrogen-bond acceptors (Lipinski definition) is 3. The van der Waals surface area contributed by atoms with Crippen molar-refractivity contribution in [2.45, 2.75) is 13.8 Å². The van der Waals surface area contributed by atoms with Gasteiger partial charge in [0, 0.05) is 12.3 Å². The summed E-state index contributed by atoms with van der Waals surface area (Å²) in [6, 6.07) is 0. The number of rotatable bonds is 6. The molecule has 0 aromatic rings. The molecule has 0 aliphatic heterocycles. The third-order valence-corrected chi connectivity index (χ3v) is 3.91. The van der Waals surface area contributed by atoms with Crippen LogP contribution >= 0.6 is 7.37 Å². The number of hydrogen-bond donors (Lipinski definition) is 1. The second-order valence-corrected chi connectivity index (χ2v) is 5.86. The summed E-state index contributed by atoms with van der Waals surface area (Å²) in [6.45, 7) is 6.76. The van der Waals surface area contributed by atoms with Crippen LogP contribution in [0.25, 0.3) is 0 Å². The third kappa shape index (κ3) is 5.20. The first-order valence-electron chi connectivity index (χ1n) is 4.51. The van der Waals surface area contributed by atoms with Crippen LogP contribution in [0.1, 0.15) is 13.8 Å². The summed E-state index contributed by atoms with van der Waals surface area (Å²) in [4.78, 5) is 20.5. The summed E-state index contributed by atoms with van der Waals surface area (Å²) in [5.74, 6) is -0.988. The molecular weight excluding hydrogens is 203 g/mol. The first-order valence-corrected chi connectivity index (χ1v) is 6.54. The van der Waals surface area contributed by atoms with Gasteiger partial charge in [-0.25, -0.2) is 0 Å². The highest BCUT2D eigenvalue weighted by Crippen LogP contribution is 2.41. The van der Waals surface area contributed by atoms with E-state index in [-0.39, 0.29) is 18.9 Å². The lowest BCUT2D eigenvalue weighted by Gasteiger charge is -2.14. The summed E-state index contributed by atoms with van der Waals surface area (Å²) in [5, 5.41) is 0. The SMILES string of the molecule is C=CCOC(=O)C(C)CP(=O)(O)CC. The van der Waals surface area contributed by atoms with Crippen molar-refractivity contribution in [3.05, 3.63) is 12.7 Å². The van der Waals surface area contributed by atoms with Crippen LogP contribution in [0.15, 0.2) is 12.7 Å². The van der Waals surface area contributed by atoms with Crippen molar-refractivity contribution in [1.82, 2.24) is 0 Å². The monoisotopic (exact) mass is 220 g/mol. The molecule has 0 aliphatic carbocycles. The van der Waals surface area contributed by atoms with Gasteiger partial charge in [0.25, 0.3) is 0 Å². The van der Waals surface area contributed by atoms with Crippen LogP contribution in [0.3, 0.4) is 0 Å². The Kier molecular flexibility index (Phi) is 5.73. The van der Waals surface area contributed by atoms with Crippen LogP contribution in [0, 0.1) is 5.92 Å². The first kappa shape index (κ1) is 13.4. The van der Waals surface area contributed by atoms with Crippen LogP contribution in [0.4, 0.5) is 0 Å². The molecule has 0 heterocycles. The van der Waals surface area contributed by atoms with Crippen molar-refractivity contribution in [2.75, 3.05) is 18.9 Å². The fourth-order valence-corrected chi connectivity index (χ4v) is 2.18. The minimum absolute atomic E-state index is 0.0144. The molecule has 14 heavy (non-hydrogen) atoms. The molecule has 0 saturated heterocycles. The Morgan fingerprint density at radius 1 is 1.71 bits per heavy atom. The molecule has 0 saturated carbocycles. The van der Waals surface area contributed by atoms with E-state index in [1.54, 1.807) is 13.8 Å². The Morgan fingerprint density at radius 2 is 2.29 bits per heavy atom. The molecule has 1 N–H and O–H groups in total. The quantitative estimate of drug-likeness (QED) is 0.420. The Morgan fingerprint density at radius 3 is 2.71 bits per heavy atom. The molecule has 0 radical (unpaired) electrons. The molecule has 5 heteroatoms. The lowest BCUT2D eigenvalue weighted by molar-refractivity contribution is -0.145.